The minimum absolute atomic E-state index is 0.133. The SMILES string of the molecule is CCCc1ccc(C(C)[Si](OC)(OC)OC)cc1.CCCc1ccc(CC[Si](OC)(OC)OC)cc1.CCCc1cccc(C(C)[Si](OC)(OC)OC)c1.CCCc1cccc(CC[Si](OC)(OC)OC)c1.CO[Si](=O)OC.CO[Si](=O)OC.CO[Si](=O)OC.CO[Si](=O)OC. The monoisotopic (exact) mass is 1500 g/mol. The van der Waals surface area contributed by atoms with Crippen LogP contribution < -0.4 is 0 Å². The van der Waals surface area contributed by atoms with Crippen LogP contribution in [0.2, 0.25) is 12.1 Å². The van der Waals surface area contributed by atoms with Crippen molar-refractivity contribution in [1.82, 2.24) is 0 Å². The van der Waals surface area contributed by atoms with Crippen LogP contribution in [0.1, 0.15) is 123 Å². The molecule has 0 amide bonds. The van der Waals surface area contributed by atoms with E-state index < -0.39 is 71.9 Å². The summed E-state index contributed by atoms with van der Waals surface area (Å²) in [6.07, 6.45) is 11.0. The maximum Gasteiger partial charge on any atom is 0.766 e. The van der Waals surface area contributed by atoms with Crippen LogP contribution in [0, 0.1) is 0 Å². The van der Waals surface area contributed by atoms with Crippen LogP contribution in [0.25, 0.3) is 0 Å². The van der Waals surface area contributed by atoms with Crippen molar-refractivity contribution >= 4 is 71.9 Å². The van der Waals surface area contributed by atoms with E-state index in [2.05, 4.69) is 174 Å². The van der Waals surface area contributed by atoms with E-state index in [4.69, 9.17) is 53.1 Å². The summed E-state index contributed by atoms with van der Waals surface area (Å²) in [5.41, 5.74) is 10.8. The average Bonchev–Trinajstić information content (AvgIpc) is 0.834. The Morgan fingerprint density at radius 1 is 0.281 bits per heavy atom. The standard InChI is InChI=1S/4C14H24O3Si.4C2H6O3Si/c1-6-8-13-9-7-10-14(11-13)12(2)18(15-3,16-4)17-5;1-6-7-13-8-10-14(11-9-13)12(2)18(15-3,16-4)17-5;1-5-7-13-8-6-9-14(12-13)10-11-18(15-2,16-3)17-4;1-5-6-13-7-9-14(10-8-13)11-12-18(15-2,16-3)17-4;4*1-4-6(3)5-2/h7,9-12H,6,8H2,1-5H3;8-12H,6-7H2,1-5H3;6,8-9,12H,5,7,10-11H2,1-4H3;7-10H,5-6,11-12H2,1-4H3;4*1-2H3. The largest absolute Gasteiger partial charge is 0.766 e. The second-order valence-corrected chi connectivity index (χ2v) is 38.3. The van der Waals surface area contributed by atoms with Crippen LogP contribution in [0.3, 0.4) is 0 Å². The van der Waals surface area contributed by atoms with E-state index in [-0.39, 0.29) is 11.1 Å². The molecule has 0 bridgehead atoms. The van der Waals surface area contributed by atoms with Crippen molar-refractivity contribution in [2.45, 2.75) is 129 Å². The van der Waals surface area contributed by atoms with Crippen molar-refractivity contribution in [3.63, 3.8) is 0 Å². The van der Waals surface area contributed by atoms with Gasteiger partial charge in [0.05, 0.1) is 68.0 Å². The zero-order valence-electron chi connectivity index (χ0n) is 62.7. The van der Waals surface area contributed by atoms with Gasteiger partial charge in [-0.2, -0.15) is 0 Å². The van der Waals surface area contributed by atoms with Crippen LogP contribution in [-0.4, -0.2) is 214 Å². The maximum atomic E-state index is 9.92. The molecule has 0 aromatic heterocycles. The van der Waals surface area contributed by atoms with Crippen molar-refractivity contribution in [3.8, 4) is 0 Å². The van der Waals surface area contributed by atoms with E-state index in [9.17, 15) is 17.8 Å². The first-order chi connectivity index (χ1) is 45.9. The third-order valence-corrected chi connectivity index (χ3v) is 28.8. The second-order valence-electron chi connectivity index (χ2n) is 20.2. The molecule has 0 aliphatic rings. The van der Waals surface area contributed by atoms with Crippen molar-refractivity contribution in [2.24, 2.45) is 0 Å². The molecule has 552 valence electrons. The number of hydrogen-bond donors (Lipinski definition) is 0. The lowest BCUT2D eigenvalue weighted by molar-refractivity contribution is 0.114. The predicted molar refractivity (Wildman–Crippen MR) is 385 cm³/mol. The highest BCUT2D eigenvalue weighted by Crippen LogP contribution is 2.30. The minimum Gasteiger partial charge on any atom is -0.499 e. The van der Waals surface area contributed by atoms with Gasteiger partial charge in [0.1, 0.15) is 0 Å². The average molecular weight is 1500 g/mol. The van der Waals surface area contributed by atoms with Crippen LogP contribution in [0.5, 0.6) is 0 Å². The van der Waals surface area contributed by atoms with Gasteiger partial charge in [-0.05, 0) is 83.0 Å². The fourth-order valence-electron chi connectivity index (χ4n) is 8.97. The number of hydrogen-bond acceptors (Lipinski definition) is 24. The molecular weight excluding hydrogens is 1380 g/mol. The van der Waals surface area contributed by atoms with Crippen molar-refractivity contribution < 1.29 is 106 Å². The number of aryl methyl sites for hydroxylation is 6. The maximum absolute atomic E-state index is 9.92. The molecule has 2 atom stereocenters. The lowest BCUT2D eigenvalue weighted by atomic mass is 10.1. The first kappa shape index (κ1) is 98.1. The minimum atomic E-state index is -2.61. The summed E-state index contributed by atoms with van der Waals surface area (Å²) in [5.74, 6) is 0. The topological polar surface area (TPSA) is 253 Å². The normalized spacial score (nSPS) is 11.3. The van der Waals surface area contributed by atoms with Gasteiger partial charge in [-0.3, -0.25) is 17.8 Å². The van der Waals surface area contributed by atoms with Gasteiger partial charge in [-0.1, -0.05) is 164 Å². The molecule has 4 rings (SSSR count). The van der Waals surface area contributed by atoms with E-state index >= 15 is 0 Å². The summed E-state index contributed by atoms with van der Waals surface area (Å²) in [5, 5.41) is 0. The van der Waals surface area contributed by atoms with Crippen molar-refractivity contribution in [1.29, 1.82) is 0 Å². The fraction of sp³-hybridized carbons (Fsp3) is 0.625. The third kappa shape index (κ3) is 40.7. The summed E-state index contributed by atoms with van der Waals surface area (Å²) in [6, 6.07) is 36.4. The van der Waals surface area contributed by atoms with Gasteiger partial charge >= 0.3 is 71.9 Å². The van der Waals surface area contributed by atoms with Crippen LogP contribution in [-0.2, 0) is 145 Å². The van der Waals surface area contributed by atoms with Gasteiger partial charge in [0.15, 0.2) is 0 Å². The molecule has 96 heavy (non-hydrogen) atoms. The Morgan fingerprint density at radius 3 is 0.771 bits per heavy atom. The molecule has 0 N–H and O–H groups in total. The zero-order valence-corrected chi connectivity index (χ0v) is 70.7. The predicted octanol–water partition coefficient (Wildman–Crippen LogP) is 11.2. The smallest absolute Gasteiger partial charge is 0.499 e. The van der Waals surface area contributed by atoms with E-state index in [1.165, 1.54) is 121 Å². The number of benzene rings is 4. The van der Waals surface area contributed by atoms with E-state index in [0.29, 0.717) is 0 Å². The molecule has 0 aliphatic heterocycles. The molecule has 0 saturated heterocycles. The molecule has 4 aromatic carbocycles. The molecule has 0 fully saturated rings. The summed E-state index contributed by atoms with van der Waals surface area (Å²) in [4.78, 5) is 0. The molecule has 0 saturated carbocycles. The van der Waals surface area contributed by atoms with Gasteiger partial charge in [0.2, 0.25) is 0 Å². The molecule has 0 aliphatic carbocycles. The summed E-state index contributed by atoms with van der Waals surface area (Å²) in [6.45, 7) is 13.0. The molecule has 2 unspecified atom stereocenters. The first-order valence-electron chi connectivity index (χ1n) is 31.3. The van der Waals surface area contributed by atoms with Gasteiger partial charge in [0.25, 0.3) is 0 Å². The Hall–Kier alpha value is -4.26. The lowest BCUT2D eigenvalue weighted by Gasteiger charge is -2.30. The van der Waals surface area contributed by atoms with Gasteiger partial charge in [-0.25, -0.2) is 0 Å². The Labute approximate surface area is 587 Å². The lowest BCUT2D eigenvalue weighted by Crippen LogP contribution is -2.48. The van der Waals surface area contributed by atoms with Crippen LogP contribution >= 0.6 is 0 Å². The Bertz CT molecular complexity index is 2430. The summed E-state index contributed by atoms with van der Waals surface area (Å²) < 4.78 is 139. The molecule has 0 heterocycles. The van der Waals surface area contributed by atoms with E-state index in [0.717, 1.165) is 57.0 Å². The van der Waals surface area contributed by atoms with Crippen LogP contribution in [0.4, 0.5) is 0 Å². The zero-order chi connectivity index (χ0) is 74.0. The molecule has 32 heteroatoms. The molecule has 24 nitrogen and oxygen atoms in total. The molecule has 0 spiro atoms. The second kappa shape index (κ2) is 60.7. The van der Waals surface area contributed by atoms with Crippen molar-refractivity contribution in [2.75, 3.05) is 142 Å². The summed E-state index contributed by atoms with van der Waals surface area (Å²) in [7, 11) is 12.0. The fourth-order valence-corrected chi connectivity index (χ4v) is 17.4. The first-order valence-corrected chi connectivity index (χ1v) is 43.7. The van der Waals surface area contributed by atoms with Gasteiger partial charge in [-0.15, -0.1) is 0 Å². The third-order valence-electron chi connectivity index (χ3n) is 14.5. The number of rotatable bonds is 38. The highest BCUT2D eigenvalue weighted by molar-refractivity contribution is 6.63. The highest BCUT2D eigenvalue weighted by Gasteiger charge is 2.46. The van der Waals surface area contributed by atoms with E-state index in [1.807, 2.05) is 0 Å². The van der Waals surface area contributed by atoms with Crippen molar-refractivity contribution in [3.05, 3.63) is 142 Å². The Kier molecular flexibility index (Phi) is 62.0. The molecule has 0 radical (unpaired) electrons. The quantitative estimate of drug-likeness (QED) is 0.0378. The van der Waals surface area contributed by atoms with E-state index in [1.54, 1.807) is 85.3 Å². The Balaban J connectivity index is -0.000000527. The molecular formula is C64H120O24Si8. The Morgan fingerprint density at radius 2 is 0.510 bits per heavy atom. The molecule has 4 aromatic rings. The summed E-state index contributed by atoms with van der Waals surface area (Å²) >= 11 is 0. The highest BCUT2D eigenvalue weighted by atomic mass is 28.4. The van der Waals surface area contributed by atoms with Gasteiger partial charge in [0, 0.05) is 97.4 Å². The van der Waals surface area contributed by atoms with Gasteiger partial charge < -0.3 is 88.5 Å². The van der Waals surface area contributed by atoms with Crippen LogP contribution in [0.15, 0.2) is 97.1 Å².